The lowest BCUT2D eigenvalue weighted by Crippen LogP contribution is -2.37. The zero-order valence-electron chi connectivity index (χ0n) is 61.6. The summed E-state index contributed by atoms with van der Waals surface area (Å²) < 4.78 is 43.6. The first-order valence-electron chi connectivity index (χ1n) is 37.2. The van der Waals surface area contributed by atoms with Crippen molar-refractivity contribution in [2.24, 2.45) is 23.7 Å². The third-order valence-corrected chi connectivity index (χ3v) is 21.3. The van der Waals surface area contributed by atoms with Crippen LogP contribution in [0.5, 0.6) is 0 Å². The molecule has 0 fully saturated rings. The van der Waals surface area contributed by atoms with E-state index < -0.39 is 23.9 Å². The van der Waals surface area contributed by atoms with E-state index >= 15 is 0 Å². The van der Waals surface area contributed by atoms with Gasteiger partial charge >= 0.3 is 47.8 Å². The van der Waals surface area contributed by atoms with Gasteiger partial charge in [0.05, 0.1) is 49.6 Å². The van der Waals surface area contributed by atoms with Crippen LogP contribution in [0.1, 0.15) is 235 Å². The maximum absolute atomic E-state index is 13.2. The number of thioether (sulfide) groups is 4. The zero-order valence-corrected chi connectivity index (χ0v) is 64.9. The normalized spacial score (nSPS) is 12.7. The Balaban J connectivity index is 5.53. The number of unbranched alkanes of at least 4 members (excludes halogenated alkanes) is 20. The van der Waals surface area contributed by atoms with Crippen molar-refractivity contribution in [2.75, 3.05) is 158 Å². The standard InChI is InChI=1S/C73H135N3O16S4/c1-10-14-18-22-26-30-52-93-58-62(5)70(81)89-48-44-85-66(77)36-42-75(56-68(79)87-46-50-91-72(83)64(7)60-95-54-32-28-24-20-16-12-3)40-34-38-74(9)39-35-41-76(57-69(80)88-47-51-92-73(84)65(8)61-96-55-33-29-25-21-17-13-4)43-37-67(78)86-45-49-90-71(82)63(6)59-94-53-31-27-23-19-15-11-2/h62-65H,10-61H2,1-9H3. The van der Waals surface area contributed by atoms with Crippen molar-refractivity contribution in [3.05, 3.63) is 0 Å². The summed E-state index contributed by atoms with van der Waals surface area (Å²) in [7, 11) is 1.96. The molecule has 0 aromatic heterocycles. The summed E-state index contributed by atoms with van der Waals surface area (Å²) >= 11 is 7.02. The smallest absolute Gasteiger partial charge is 0.320 e. The Morgan fingerprint density at radius 1 is 0.281 bits per heavy atom. The molecule has 0 heterocycles. The van der Waals surface area contributed by atoms with Gasteiger partial charge in [0.1, 0.15) is 52.9 Å². The highest BCUT2D eigenvalue weighted by atomic mass is 32.2. The fourth-order valence-electron chi connectivity index (χ4n) is 9.89. The minimum atomic E-state index is -0.528. The Labute approximate surface area is 599 Å². The summed E-state index contributed by atoms with van der Waals surface area (Å²) in [5, 5.41) is 0. The summed E-state index contributed by atoms with van der Waals surface area (Å²) in [5.74, 6) is 2.23. The number of ether oxygens (including phenoxy) is 8. The summed E-state index contributed by atoms with van der Waals surface area (Å²) in [6, 6.07) is 0. The van der Waals surface area contributed by atoms with Crippen LogP contribution in [0.15, 0.2) is 0 Å². The highest BCUT2D eigenvalue weighted by molar-refractivity contribution is 7.99. The average Bonchev–Trinajstić information content (AvgIpc) is 2.53. The first kappa shape index (κ1) is 93.0. The Kier molecular flexibility index (Phi) is 65.8. The van der Waals surface area contributed by atoms with Crippen LogP contribution < -0.4 is 0 Å². The van der Waals surface area contributed by atoms with E-state index in [9.17, 15) is 38.4 Å². The lowest BCUT2D eigenvalue weighted by Gasteiger charge is -2.24. The minimum absolute atomic E-state index is 0.0186. The number of carbonyl (C=O) groups excluding carboxylic acids is 8. The Morgan fingerprint density at radius 3 is 0.771 bits per heavy atom. The number of hydrogen-bond acceptors (Lipinski definition) is 23. The lowest BCUT2D eigenvalue weighted by atomic mass is 10.1. The predicted octanol–water partition coefficient (Wildman–Crippen LogP) is 14.3. The Hall–Kier alpha value is -2.96. The van der Waals surface area contributed by atoms with Gasteiger partial charge in [0.25, 0.3) is 0 Å². The van der Waals surface area contributed by atoms with Crippen molar-refractivity contribution in [2.45, 2.75) is 235 Å². The van der Waals surface area contributed by atoms with Gasteiger partial charge in [-0.2, -0.15) is 47.0 Å². The molecule has 0 N–H and O–H groups in total. The molecule has 0 rings (SSSR count). The molecule has 0 aromatic carbocycles. The maximum atomic E-state index is 13.2. The predicted molar refractivity (Wildman–Crippen MR) is 396 cm³/mol. The van der Waals surface area contributed by atoms with Gasteiger partial charge < -0.3 is 42.8 Å². The van der Waals surface area contributed by atoms with Crippen LogP contribution >= 0.6 is 47.0 Å². The van der Waals surface area contributed by atoms with Gasteiger partial charge in [-0.3, -0.25) is 48.2 Å². The van der Waals surface area contributed by atoms with Crippen LogP contribution in [0, 0.1) is 23.7 Å². The van der Waals surface area contributed by atoms with E-state index in [-0.39, 0.29) is 139 Å². The van der Waals surface area contributed by atoms with Gasteiger partial charge in [-0.1, -0.05) is 184 Å². The first-order valence-corrected chi connectivity index (χ1v) is 41.8. The largest absolute Gasteiger partial charge is 0.462 e. The van der Waals surface area contributed by atoms with Crippen LogP contribution in [-0.2, 0) is 76.3 Å². The van der Waals surface area contributed by atoms with E-state index in [4.69, 9.17) is 37.9 Å². The number of rotatable bonds is 70. The molecule has 96 heavy (non-hydrogen) atoms. The third kappa shape index (κ3) is 59.9. The van der Waals surface area contributed by atoms with Crippen molar-refractivity contribution in [3.63, 3.8) is 0 Å². The van der Waals surface area contributed by atoms with Gasteiger partial charge in [0.2, 0.25) is 0 Å². The summed E-state index contributed by atoms with van der Waals surface area (Å²) in [6.45, 7) is 17.9. The van der Waals surface area contributed by atoms with E-state index in [2.05, 4.69) is 32.6 Å². The third-order valence-electron chi connectivity index (χ3n) is 16.0. The zero-order chi connectivity index (χ0) is 70.9. The second kappa shape index (κ2) is 67.8. The van der Waals surface area contributed by atoms with Crippen LogP contribution in [-0.4, -0.2) is 221 Å². The van der Waals surface area contributed by atoms with Gasteiger partial charge in [-0.15, -0.1) is 0 Å². The molecule has 0 aromatic rings. The molecule has 19 nitrogen and oxygen atoms in total. The first-order chi connectivity index (χ1) is 46.5. The number of hydrogen-bond donors (Lipinski definition) is 0. The lowest BCUT2D eigenvalue weighted by molar-refractivity contribution is -0.155. The molecular formula is C73H135N3O16S4. The molecule has 0 bridgehead atoms. The molecule has 4 atom stereocenters. The molecule has 0 aliphatic rings. The Morgan fingerprint density at radius 2 is 0.510 bits per heavy atom. The molecule has 0 amide bonds. The molecule has 0 radical (unpaired) electrons. The highest BCUT2D eigenvalue weighted by Crippen LogP contribution is 2.19. The molecule has 0 saturated heterocycles. The molecule has 23 heteroatoms. The quantitative estimate of drug-likeness (QED) is 0.0314. The van der Waals surface area contributed by atoms with Crippen molar-refractivity contribution in [3.8, 4) is 0 Å². The van der Waals surface area contributed by atoms with Gasteiger partial charge in [0.15, 0.2) is 0 Å². The number of carbonyl (C=O) groups is 8. The fraction of sp³-hybridized carbons (Fsp3) is 0.890. The number of nitrogens with zero attached hydrogens (tertiary/aromatic N) is 3. The van der Waals surface area contributed by atoms with E-state index in [1.807, 2.05) is 44.5 Å². The van der Waals surface area contributed by atoms with E-state index in [0.29, 0.717) is 62.0 Å². The van der Waals surface area contributed by atoms with Crippen LogP contribution in [0.3, 0.4) is 0 Å². The van der Waals surface area contributed by atoms with Crippen molar-refractivity contribution >= 4 is 94.8 Å². The Bertz CT molecular complexity index is 1820. The topological polar surface area (TPSA) is 220 Å². The molecule has 0 saturated carbocycles. The van der Waals surface area contributed by atoms with E-state index in [1.54, 1.807) is 47.0 Å². The van der Waals surface area contributed by atoms with Gasteiger partial charge in [0, 0.05) is 36.1 Å². The molecule has 4 unspecified atom stereocenters. The highest BCUT2D eigenvalue weighted by Gasteiger charge is 2.22. The number of esters is 8. The second-order valence-electron chi connectivity index (χ2n) is 25.6. The van der Waals surface area contributed by atoms with E-state index in [0.717, 1.165) is 48.7 Å². The monoisotopic (exact) mass is 1440 g/mol. The van der Waals surface area contributed by atoms with Gasteiger partial charge in [-0.05, 0) is 94.8 Å². The molecule has 0 spiro atoms. The van der Waals surface area contributed by atoms with Crippen LogP contribution in [0.4, 0.5) is 0 Å². The molecule has 0 aliphatic carbocycles. The van der Waals surface area contributed by atoms with Crippen LogP contribution in [0.2, 0.25) is 0 Å². The second-order valence-corrected chi connectivity index (χ2v) is 30.2. The maximum Gasteiger partial charge on any atom is 0.320 e. The minimum Gasteiger partial charge on any atom is -0.462 e. The van der Waals surface area contributed by atoms with Gasteiger partial charge in [-0.25, -0.2) is 0 Å². The van der Waals surface area contributed by atoms with Crippen molar-refractivity contribution < 1.29 is 76.3 Å². The average molecular weight is 1440 g/mol. The van der Waals surface area contributed by atoms with E-state index in [1.165, 1.54) is 128 Å². The van der Waals surface area contributed by atoms with Crippen molar-refractivity contribution in [1.29, 1.82) is 0 Å². The molecule has 562 valence electrons. The van der Waals surface area contributed by atoms with Crippen LogP contribution in [0.25, 0.3) is 0 Å². The summed E-state index contributed by atoms with van der Waals surface area (Å²) in [6.07, 6.45) is 30.5. The molecular weight excluding hydrogens is 1300 g/mol. The summed E-state index contributed by atoms with van der Waals surface area (Å²) in [4.78, 5) is 109. The fourth-order valence-corrected chi connectivity index (χ4v) is 14.1. The SMILES string of the molecule is CCCCCCCCSCC(C)C(=O)OCCOC(=O)CCN(CCCN(C)CCCN(CCC(=O)OCCOC(=O)C(C)CSCCCCCCCC)CC(=O)OCCOC(=O)C(C)CSCCCCCCCC)CC(=O)OCCOC(=O)C(C)CSCCCCCCCC. The summed E-state index contributed by atoms with van der Waals surface area (Å²) in [5.41, 5.74) is 0. The molecule has 0 aliphatic heterocycles. The van der Waals surface area contributed by atoms with Crippen molar-refractivity contribution in [1.82, 2.24) is 14.7 Å².